The van der Waals surface area contributed by atoms with Crippen molar-refractivity contribution in [1.82, 2.24) is 20.3 Å². The van der Waals surface area contributed by atoms with Crippen molar-refractivity contribution in [2.24, 2.45) is 0 Å². The Balaban J connectivity index is 1.43. The highest BCUT2D eigenvalue weighted by molar-refractivity contribution is 5.94. The molecule has 0 atom stereocenters. The number of rotatable bonds is 6. The molecule has 3 heterocycles. The fourth-order valence-corrected chi connectivity index (χ4v) is 3.34. The number of ether oxygens (including phenoxy) is 1. The maximum atomic E-state index is 11.9. The molecule has 31 heavy (non-hydrogen) atoms. The Morgan fingerprint density at radius 2 is 1.90 bits per heavy atom. The smallest absolute Gasteiger partial charge is 0.252 e. The van der Waals surface area contributed by atoms with Crippen molar-refractivity contribution in [2.45, 2.75) is 6.42 Å². The number of anilines is 1. The lowest BCUT2D eigenvalue weighted by Gasteiger charge is -2.27. The molecule has 1 fully saturated rings. The van der Waals surface area contributed by atoms with Crippen molar-refractivity contribution in [3.8, 4) is 17.3 Å². The number of nitrogens with one attached hydrogen (secondary N) is 1. The highest BCUT2D eigenvalue weighted by Crippen LogP contribution is 2.19. The van der Waals surface area contributed by atoms with Gasteiger partial charge in [-0.2, -0.15) is 5.26 Å². The first kappa shape index (κ1) is 20.4. The number of morpholine rings is 1. The van der Waals surface area contributed by atoms with Gasteiger partial charge in [-0.1, -0.05) is 18.2 Å². The Bertz CT molecular complexity index is 1070. The Labute approximate surface area is 180 Å². The molecule has 1 amide bonds. The summed E-state index contributed by atoms with van der Waals surface area (Å²) in [7, 11) is 0. The minimum absolute atomic E-state index is 0.0157. The van der Waals surface area contributed by atoms with Crippen molar-refractivity contribution >= 4 is 11.7 Å². The molecular formula is C23H22N6O2. The van der Waals surface area contributed by atoms with Crippen LogP contribution in [0.3, 0.4) is 0 Å². The fraction of sp³-hybridized carbons (Fsp3) is 0.261. The summed E-state index contributed by atoms with van der Waals surface area (Å²) in [4.78, 5) is 27.8. The van der Waals surface area contributed by atoms with Crippen LogP contribution in [0.1, 0.15) is 21.7 Å². The normalized spacial score (nSPS) is 13.5. The molecule has 0 aliphatic carbocycles. The van der Waals surface area contributed by atoms with Gasteiger partial charge >= 0.3 is 0 Å². The minimum atomic E-state index is -0.274. The third-order valence-corrected chi connectivity index (χ3v) is 4.98. The topological polar surface area (TPSA) is 104 Å². The van der Waals surface area contributed by atoms with E-state index >= 15 is 0 Å². The van der Waals surface area contributed by atoms with E-state index in [2.05, 4.69) is 31.2 Å². The molecule has 2 aromatic heterocycles. The molecule has 0 bridgehead atoms. The summed E-state index contributed by atoms with van der Waals surface area (Å²) in [5, 5.41) is 11.1. The average Bonchev–Trinajstić information content (AvgIpc) is 2.84. The van der Waals surface area contributed by atoms with Gasteiger partial charge in [-0.25, -0.2) is 15.0 Å². The van der Waals surface area contributed by atoms with Gasteiger partial charge in [-0.15, -0.1) is 0 Å². The number of carbonyl (C=O) groups is 1. The first-order chi connectivity index (χ1) is 15.2. The number of nitrogens with zero attached hydrogens (tertiary/aromatic N) is 5. The molecule has 0 radical (unpaired) electrons. The summed E-state index contributed by atoms with van der Waals surface area (Å²) in [6.07, 6.45) is 4.19. The quantitative estimate of drug-likeness (QED) is 0.617. The molecule has 8 heteroatoms. The van der Waals surface area contributed by atoms with E-state index in [1.165, 1.54) is 0 Å². The zero-order valence-corrected chi connectivity index (χ0v) is 17.0. The summed E-state index contributed by atoms with van der Waals surface area (Å²) in [5.41, 5.74) is 3.21. The molecular weight excluding hydrogens is 392 g/mol. The first-order valence-corrected chi connectivity index (χ1v) is 10.1. The predicted octanol–water partition coefficient (Wildman–Crippen LogP) is 2.22. The van der Waals surface area contributed by atoms with E-state index in [0.717, 1.165) is 48.9 Å². The molecule has 1 aliphatic heterocycles. The van der Waals surface area contributed by atoms with Crippen LogP contribution < -0.4 is 10.2 Å². The van der Waals surface area contributed by atoms with Crippen molar-refractivity contribution in [2.75, 3.05) is 37.7 Å². The van der Waals surface area contributed by atoms with Gasteiger partial charge in [0.05, 0.1) is 25.0 Å². The predicted molar refractivity (Wildman–Crippen MR) is 115 cm³/mol. The van der Waals surface area contributed by atoms with Crippen molar-refractivity contribution in [3.05, 3.63) is 71.8 Å². The number of aromatic nitrogens is 3. The lowest BCUT2D eigenvalue weighted by molar-refractivity contribution is 0.0958. The summed E-state index contributed by atoms with van der Waals surface area (Å²) >= 11 is 0. The van der Waals surface area contributed by atoms with Gasteiger partial charge in [0.15, 0.2) is 0 Å². The van der Waals surface area contributed by atoms with Crippen LogP contribution in [-0.4, -0.2) is 53.7 Å². The summed E-state index contributed by atoms with van der Waals surface area (Å²) in [6.45, 7) is 3.16. The number of hydrogen-bond acceptors (Lipinski definition) is 7. The van der Waals surface area contributed by atoms with Gasteiger partial charge in [0.1, 0.15) is 18.2 Å². The molecule has 1 N–H and O–H groups in total. The van der Waals surface area contributed by atoms with E-state index in [0.29, 0.717) is 17.8 Å². The van der Waals surface area contributed by atoms with E-state index in [1.807, 2.05) is 36.5 Å². The maximum Gasteiger partial charge on any atom is 0.252 e. The molecule has 3 aromatic rings. The number of benzene rings is 1. The second-order valence-electron chi connectivity index (χ2n) is 7.08. The SMILES string of the molecule is N#CCNC(=O)c1ccc(-c2ccnc(Cc3ccc(N4CCOCC4)nc3)n2)cc1. The summed E-state index contributed by atoms with van der Waals surface area (Å²) in [6, 6.07) is 14.9. The summed E-state index contributed by atoms with van der Waals surface area (Å²) < 4.78 is 5.39. The Morgan fingerprint density at radius 1 is 1.10 bits per heavy atom. The zero-order chi connectivity index (χ0) is 21.5. The largest absolute Gasteiger partial charge is 0.378 e. The van der Waals surface area contributed by atoms with Crippen LogP contribution in [0.4, 0.5) is 5.82 Å². The fourth-order valence-electron chi connectivity index (χ4n) is 3.34. The molecule has 1 aromatic carbocycles. The van der Waals surface area contributed by atoms with Crippen LogP contribution >= 0.6 is 0 Å². The lowest BCUT2D eigenvalue weighted by Crippen LogP contribution is -2.36. The monoisotopic (exact) mass is 414 g/mol. The molecule has 0 saturated carbocycles. The van der Waals surface area contributed by atoms with Crippen molar-refractivity contribution < 1.29 is 9.53 Å². The van der Waals surface area contributed by atoms with Crippen LogP contribution in [-0.2, 0) is 11.2 Å². The van der Waals surface area contributed by atoms with Crippen LogP contribution in [0.15, 0.2) is 54.9 Å². The van der Waals surface area contributed by atoms with Crippen LogP contribution in [0.2, 0.25) is 0 Å². The average molecular weight is 414 g/mol. The van der Waals surface area contributed by atoms with E-state index < -0.39 is 0 Å². The van der Waals surface area contributed by atoms with E-state index in [-0.39, 0.29) is 12.5 Å². The molecule has 156 valence electrons. The maximum absolute atomic E-state index is 11.9. The Hall–Kier alpha value is -3.83. The highest BCUT2D eigenvalue weighted by atomic mass is 16.5. The second-order valence-corrected chi connectivity index (χ2v) is 7.08. The number of pyridine rings is 1. The van der Waals surface area contributed by atoms with Gasteiger partial charge in [-0.3, -0.25) is 4.79 Å². The lowest BCUT2D eigenvalue weighted by atomic mass is 10.1. The minimum Gasteiger partial charge on any atom is -0.378 e. The Kier molecular flexibility index (Phi) is 6.45. The van der Waals surface area contributed by atoms with Gasteiger partial charge in [0, 0.05) is 43.0 Å². The van der Waals surface area contributed by atoms with E-state index in [1.54, 1.807) is 18.3 Å². The second kappa shape index (κ2) is 9.78. The van der Waals surface area contributed by atoms with Crippen LogP contribution in [0, 0.1) is 11.3 Å². The summed E-state index contributed by atoms with van der Waals surface area (Å²) in [5.74, 6) is 1.39. The standard InChI is InChI=1S/C23H22N6O2/c24-8-10-26-23(30)19-4-2-18(3-5-19)20-7-9-25-21(28-20)15-17-1-6-22(27-16-17)29-11-13-31-14-12-29/h1-7,9,16H,10-15H2,(H,26,30). The molecule has 1 saturated heterocycles. The molecule has 0 spiro atoms. The highest BCUT2D eigenvalue weighted by Gasteiger charge is 2.12. The van der Waals surface area contributed by atoms with Crippen molar-refractivity contribution in [1.29, 1.82) is 5.26 Å². The van der Waals surface area contributed by atoms with Gasteiger partial charge in [0.25, 0.3) is 5.91 Å². The van der Waals surface area contributed by atoms with Gasteiger partial charge < -0.3 is 15.0 Å². The Morgan fingerprint density at radius 3 is 2.61 bits per heavy atom. The number of nitriles is 1. The van der Waals surface area contributed by atoms with E-state index in [9.17, 15) is 4.79 Å². The first-order valence-electron chi connectivity index (χ1n) is 10.1. The number of amides is 1. The van der Waals surface area contributed by atoms with Crippen LogP contribution in [0.25, 0.3) is 11.3 Å². The molecule has 1 aliphatic rings. The molecule has 8 nitrogen and oxygen atoms in total. The van der Waals surface area contributed by atoms with E-state index in [4.69, 9.17) is 10.00 Å². The van der Waals surface area contributed by atoms with Crippen molar-refractivity contribution in [3.63, 3.8) is 0 Å². The zero-order valence-electron chi connectivity index (χ0n) is 17.0. The number of carbonyl (C=O) groups excluding carboxylic acids is 1. The van der Waals surface area contributed by atoms with Gasteiger partial charge in [-0.05, 0) is 29.8 Å². The number of hydrogen-bond donors (Lipinski definition) is 1. The van der Waals surface area contributed by atoms with Gasteiger partial charge in [0.2, 0.25) is 0 Å². The molecule has 4 rings (SSSR count). The third kappa shape index (κ3) is 5.21. The van der Waals surface area contributed by atoms with Crippen LogP contribution in [0.5, 0.6) is 0 Å². The third-order valence-electron chi connectivity index (χ3n) is 4.98. The molecule has 0 unspecified atom stereocenters.